The van der Waals surface area contributed by atoms with Crippen molar-refractivity contribution in [3.8, 4) is 0 Å². The molecule has 104 valence electrons. The second-order valence-electron chi connectivity index (χ2n) is 4.06. The molecule has 0 aromatic carbocycles. The Kier molecular flexibility index (Phi) is 4.16. The van der Waals surface area contributed by atoms with Gasteiger partial charge in [0.2, 0.25) is 5.95 Å². The van der Waals surface area contributed by atoms with E-state index >= 15 is 0 Å². The first-order valence-electron chi connectivity index (χ1n) is 5.96. The van der Waals surface area contributed by atoms with Crippen LogP contribution in [0.3, 0.4) is 0 Å². The zero-order valence-electron chi connectivity index (χ0n) is 10.4. The molecule has 8 heteroatoms. The van der Waals surface area contributed by atoms with Gasteiger partial charge in [0.1, 0.15) is 10.6 Å². The lowest BCUT2D eigenvalue weighted by Gasteiger charge is -2.07. The van der Waals surface area contributed by atoms with Crippen LogP contribution in [0.2, 0.25) is 0 Å². The molecule has 0 aliphatic carbocycles. The van der Waals surface area contributed by atoms with Crippen molar-refractivity contribution < 1.29 is 0 Å². The molecule has 3 aromatic rings. The summed E-state index contributed by atoms with van der Waals surface area (Å²) in [6.45, 7) is 0.818. The fourth-order valence-electron chi connectivity index (χ4n) is 1.84. The summed E-state index contributed by atoms with van der Waals surface area (Å²) in [5.74, 6) is 6.65. The van der Waals surface area contributed by atoms with E-state index in [-0.39, 0.29) is 0 Å². The maximum absolute atomic E-state index is 5.40. The fraction of sp³-hybridized carbons (Fsp3) is 0.167. The number of aromatic nitrogens is 2. The Hall–Kier alpha value is -1.22. The number of hydrogen-bond acceptors (Lipinski definition) is 7. The number of nitrogens with zero attached hydrogens (tertiary/aromatic N) is 2. The molecule has 0 spiro atoms. The summed E-state index contributed by atoms with van der Waals surface area (Å²) < 4.78 is 1.16. The van der Waals surface area contributed by atoms with E-state index in [0.717, 1.165) is 32.8 Å². The normalized spacial score (nSPS) is 10.9. The summed E-state index contributed by atoms with van der Waals surface area (Å²) in [5.41, 5.74) is 2.50. The second-order valence-corrected chi connectivity index (χ2v) is 7.50. The van der Waals surface area contributed by atoms with Gasteiger partial charge in [-0.2, -0.15) is 4.98 Å². The largest absolute Gasteiger partial charge is 0.369 e. The Labute approximate surface area is 132 Å². The van der Waals surface area contributed by atoms with Crippen molar-refractivity contribution in [2.45, 2.75) is 6.42 Å². The van der Waals surface area contributed by atoms with Gasteiger partial charge < -0.3 is 5.32 Å². The van der Waals surface area contributed by atoms with E-state index in [4.69, 9.17) is 5.84 Å². The van der Waals surface area contributed by atoms with Crippen molar-refractivity contribution in [2.75, 3.05) is 17.3 Å². The van der Waals surface area contributed by atoms with Crippen LogP contribution in [0.15, 0.2) is 27.4 Å². The Morgan fingerprint density at radius 1 is 1.25 bits per heavy atom. The predicted molar refractivity (Wildman–Crippen MR) is 89.4 cm³/mol. The third kappa shape index (κ3) is 2.93. The van der Waals surface area contributed by atoms with Crippen molar-refractivity contribution in [3.05, 3.63) is 32.2 Å². The van der Waals surface area contributed by atoms with Gasteiger partial charge in [0.15, 0.2) is 0 Å². The molecule has 0 saturated heterocycles. The van der Waals surface area contributed by atoms with Gasteiger partial charge in [-0.1, -0.05) is 0 Å². The average molecular weight is 370 g/mol. The number of hydrogen-bond donors (Lipinski definition) is 3. The van der Waals surface area contributed by atoms with Crippen LogP contribution in [0.25, 0.3) is 10.2 Å². The van der Waals surface area contributed by atoms with E-state index in [1.165, 1.54) is 4.88 Å². The molecule has 0 aliphatic heterocycles. The van der Waals surface area contributed by atoms with Crippen LogP contribution >= 0.6 is 38.6 Å². The molecular formula is C12H12BrN5S2. The minimum atomic E-state index is 0.432. The molecule has 20 heavy (non-hydrogen) atoms. The number of halogens is 1. The highest BCUT2D eigenvalue weighted by Crippen LogP contribution is 2.26. The van der Waals surface area contributed by atoms with Crippen LogP contribution < -0.4 is 16.6 Å². The molecular weight excluding hydrogens is 358 g/mol. The highest BCUT2D eigenvalue weighted by molar-refractivity contribution is 9.11. The van der Waals surface area contributed by atoms with Gasteiger partial charge in [-0.05, 0) is 45.9 Å². The lowest BCUT2D eigenvalue weighted by atomic mass is 10.3. The standard InChI is InChI=1S/C12H12BrN5S2/c13-9-2-1-7(20-9)3-5-15-10-8-4-6-19-11(8)17-12(16-10)18-14/h1-2,4,6H,3,5,14H2,(H2,15,16,17,18). The molecule has 0 saturated carbocycles. The van der Waals surface area contributed by atoms with Crippen LogP contribution in [-0.4, -0.2) is 16.5 Å². The average Bonchev–Trinajstić information content (AvgIpc) is 3.07. The van der Waals surface area contributed by atoms with Crippen LogP contribution in [0.1, 0.15) is 4.88 Å². The first kappa shape index (κ1) is 13.7. The first-order chi connectivity index (χ1) is 9.76. The monoisotopic (exact) mass is 369 g/mol. The van der Waals surface area contributed by atoms with Gasteiger partial charge in [0.25, 0.3) is 0 Å². The smallest absolute Gasteiger partial charge is 0.240 e. The number of hydrazine groups is 1. The zero-order valence-corrected chi connectivity index (χ0v) is 13.6. The molecule has 0 fully saturated rings. The molecule has 0 atom stereocenters. The molecule has 3 aromatic heterocycles. The molecule has 5 nitrogen and oxygen atoms in total. The summed E-state index contributed by atoms with van der Waals surface area (Å²) in [7, 11) is 0. The van der Waals surface area contributed by atoms with Crippen molar-refractivity contribution in [1.82, 2.24) is 9.97 Å². The zero-order chi connectivity index (χ0) is 13.9. The molecule has 3 heterocycles. The summed E-state index contributed by atoms with van der Waals surface area (Å²) in [5, 5.41) is 6.39. The summed E-state index contributed by atoms with van der Waals surface area (Å²) >= 11 is 6.79. The second kappa shape index (κ2) is 6.04. The van der Waals surface area contributed by atoms with Crippen LogP contribution in [0.4, 0.5) is 11.8 Å². The molecule has 0 amide bonds. The van der Waals surface area contributed by atoms with Crippen LogP contribution in [0.5, 0.6) is 0 Å². The number of nitrogens with one attached hydrogen (secondary N) is 2. The van der Waals surface area contributed by atoms with Gasteiger partial charge in [0.05, 0.1) is 9.17 Å². The van der Waals surface area contributed by atoms with Crippen LogP contribution in [0, 0.1) is 0 Å². The predicted octanol–water partition coefficient (Wildman–Crippen LogP) is 3.46. The first-order valence-corrected chi connectivity index (χ1v) is 8.45. The van der Waals surface area contributed by atoms with Gasteiger partial charge in [-0.25, -0.2) is 10.8 Å². The Morgan fingerprint density at radius 2 is 2.15 bits per heavy atom. The molecule has 0 bridgehead atoms. The van der Waals surface area contributed by atoms with Gasteiger partial charge >= 0.3 is 0 Å². The van der Waals surface area contributed by atoms with E-state index in [1.54, 1.807) is 22.7 Å². The third-order valence-corrected chi connectivity index (χ3v) is 5.24. The fourth-order valence-corrected chi connectivity index (χ4v) is 4.09. The van der Waals surface area contributed by atoms with Crippen molar-refractivity contribution >= 4 is 60.6 Å². The highest BCUT2D eigenvalue weighted by Gasteiger charge is 2.08. The Balaban J connectivity index is 1.74. The van der Waals surface area contributed by atoms with E-state index in [9.17, 15) is 0 Å². The number of fused-ring (bicyclic) bond motifs is 1. The summed E-state index contributed by atoms with van der Waals surface area (Å²) in [6.07, 6.45) is 0.956. The van der Waals surface area contributed by atoms with Crippen molar-refractivity contribution in [3.63, 3.8) is 0 Å². The minimum absolute atomic E-state index is 0.432. The topological polar surface area (TPSA) is 75.9 Å². The summed E-state index contributed by atoms with van der Waals surface area (Å²) in [6, 6.07) is 6.21. The molecule has 3 rings (SSSR count). The van der Waals surface area contributed by atoms with E-state index in [1.807, 2.05) is 11.4 Å². The van der Waals surface area contributed by atoms with E-state index in [2.05, 4.69) is 48.8 Å². The maximum atomic E-state index is 5.40. The molecule has 0 unspecified atom stereocenters. The van der Waals surface area contributed by atoms with Crippen molar-refractivity contribution in [1.29, 1.82) is 0 Å². The minimum Gasteiger partial charge on any atom is -0.369 e. The van der Waals surface area contributed by atoms with Gasteiger partial charge in [-0.3, -0.25) is 5.43 Å². The molecule has 0 radical (unpaired) electrons. The van der Waals surface area contributed by atoms with Gasteiger partial charge in [0, 0.05) is 11.4 Å². The number of nitrogens with two attached hydrogens (primary N) is 1. The number of nitrogen functional groups attached to an aromatic ring is 1. The quantitative estimate of drug-likeness (QED) is 0.474. The Morgan fingerprint density at radius 3 is 2.90 bits per heavy atom. The number of anilines is 2. The molecule has 0 aliphatic rings. The highest BCUT2D eigenvalue weighted by atomic mass is 79.9. The number of rotatable bonds is 5. The van der Waals surface area contributed by atoms with Crippen molar-refractivity contribution in [2.24, 2.45) is 5.84 Å². The van der Waals surface area contributed by atoms with E-state index in [0.29, 0.717) is 5.95 Å². The van der Waals surface area contributed by atoms with Crippen LogP contribution in [-0.2, 0) is 6.42 Å². The van der Waals surface area contributed by atoms with Gasteiger partial charge in [-0.15, -0.1) is 22.7 Å². The maximum Gasteiger partial charge on any atom is 0.240 e. The lowest BCUT2D eigenvalue weighted by Crippen LogP contribution is -2.13. The third-order valence-electron chi connectivity index (χ3n) is 2.75. The SMILES string of the molecule is NNc1nc(NCCc2ccc(Br)s2)c2ccsc2n1. The summed E-state index contributed by atoms with van der Waals surface area (Å²) in [4.78, 5) is 10.9. The molecule has 4 N–H and O–H groups in total. The van der Waals surface area contributed by atoms with E-state index < -0.39 is 0 Å². The Bertz CT molecular complexity index is 724. The number of thiophene rings is 2. The lowest BCUT2D eigenvalue weighted by molar-refractivity contribution is 1.03.